The van der Waals surface area contributed by atoms with Gasteiger partial charge in [-0.15, -0.1) is 0 Å². The third kappa shape index (κ3) is 5.38. The van der Waals surface area contributed by atoms with Crippen LogP contribution in [0.4, 0.5) is 4.39 Å². The Labute approximate surface area is 120 Å². The molecule has 21 heavy (non-hydrogen) atoms. The second-order valence-electron chi connectivity index (χ2n) is 4.13. The van der Waals surface area contributed by atoms with Gasteiger partial charge in [-0.25, -0.2) is 17.6 Å². The van der Waals surface area contributed by atoms with Crippen LogP contribution in [0.2, 0.25) is 0 Å². The van der Waals surface area contributed by atoms with Gasteiger partial charge in [-0.1, -0.05) is 6.07 Å². The minimum Gasteiger partial charge on any atom is -0.492 e. The van der Waals surface area contributed by atoms with Crippen LogP contribution < -0.4 is 10.5 Å². The van der Waals surface area contributed by atoms with Gasteiger partial charge in [0.05, 0.1) is 11.5 Å². The Bertz CT molecular complexity index is 643. The number of ether oxygens (including phenoxy) is 1. The molecular weight excluding hydrogens is 305 g/mol. The zero-order chi connectivity index (χ0) is 16.0. The van der Waals surface area contributed by atoms with Gasteiger partial charge >= 0.3 is 5.97 Å². The predicted octanol–water partition coefficient (Wildman–Crippen LogP) is 0.193. The van der Waals surface area contributed by atoms with Crippen molar-refractivity contribution in [1.29, 1.82) is 0 Å². The van der Waals surface area contributed by atoms with Gasteiger partial charge in [0.25, 0.3) is 0 Å². The minimum atomic E-state index is -3.56. The van der Waals surface area contributed by atoms with Crippen LogP contribution in [0, 0.1) is 5.82 Å². The van der Waals surface area contributed by atoms with Crippen LogP contribution in [0.3, 0.4) is 0 Å². The minimum absolute atomic E-state index is 0.257. The van der Waals surface area contributed by atoms with E-state index in [1.54, 1.807) is 0 Å². The Hall–Kier alpha value is -2.16. The van der Waals surface area contributed by atoms with E-state index in [-0.39, 0.29) is 18.8 Å². The number of carboxylic acid groups (broad SMARTS) is 1. The molecule has 1 aromatic carbocycles. The van der Waals surface area contributed by atoms with Crippen molar-refractivity contribution in [2.75, 3.05) is 18.1 Å². The topological polar surface area (TPSA) is 124 Å². The summed E-state index contributed by atoms with van der Waals surface area (Å²) >= 11 is 0. The van der Waals surface area contributed by atoms with E-state index in [9.17, 15) is 22.4 Å². The smallest absolute Gasteiger partial charge is 0.342 e. The van der Waals surface area contributed by atoms with Gasteiger partial charge in [0.1, 0.15) is 23.7 Å². The highest BCUT2D eigenvalue weighted by atomic mass is 32.2. The first-order chi connectivity index (χ1) is 9.73. The highest BCUT2D eigenvalue weighted by molar-refractivity contribution is 7.91. The Morgan fingerprint density at radius 3 is 2.52 bits per heavy atom. The molecule has 0 fully saturated rings. The molecule has 0 heterocycles. The number of primary amides is 1. The molecule has 1 amide bonds. The van der Waals surface area contributed by atoms with Crippen LogP contribution in [0.1, 0.15) is 16.8 Å². The predicted molar refractivity (Wildman–Crippen MR) is 71.3 cm³/mol. The van der Waals surface area contributed by atoms with E-state index in [4.69, 9.17) is 15.6 Å². The number of carbonyl (C=O) groups excluding carboxylic acids is 1. The Morgan fingerprint density at radius 1 is 1.29 bits per heavy atom. The molecule has 0 spiro atoms. The van der Waals surface area contributed by atoms with Gasteiger partial charge in [0.2, 0.25) is 5.91 Å². The number of carboxylic acids is 1. The SMILES string of the molecule is NC(=O)CCS(=O)(=O)CCOc1cccc(F)c1C(=O)O. The lowest BCUT2D eigenvalue weighted by Crippen LogP contribution is -2.22. The first-order valence-corrected chi connectivity index (χ1v) is 7.68. The van der Waals surface area contributed by atoms with Gasteiger partial charge in [-0.05, 0) is 12.1 Å². The standard InChI is InChI=1S/C12H14FNO6S/c13-8-2-1-3-9(11(8)12(16)17)20-5-7-21(18,19)6-4-10(14)15/h1-3H,4-7H2,(H2,14,15)(H,16,17). The molecule has 3 N–H and O–H groups in total. The molecule has 0 bridgehead atoms. The summed E-state index contributed by atoms with van der Waals surface area (Å²) in [7, 11) is -3.56. The summed E-state index contributed by atoms with van der Waals surface area (Å²) in [6.07, 6.45) is -0.303. The Balaban J connectivity index is 2.67. The van der Waals surface area contributed by atoms with Gasteiger partial charge in [-0.3, -0.25) is 4.79 Å². The van der Waals surface area contributed by atoms with Crippen molar-refractivity contribution in [3.8, 4) is 5.75 Å². The van der Waals surface area contributed by atoms with Crippen molar-refractivity contribution in [3.63, 3.8) is 0 Å². The molecule has 0 saturated heterocycles. The van der Waals surface area contributed by atoms with Crippen molar-refractivity contribution < 1.29 is 32.2 Å². The summed E-state index contributed by atoms with van der Waals surface area (Å²) in [6.45, 7) is -0.356. The highest BCUT2D eigenvalue weighted by Crippen LogP contribution is 2.21. The number of hydrogen-bond acceptors (Lipinski definition) is 5. The fraction of sp³-hybridized carbons (Fsp3) is 0.333. The number of amides is 1. The maximum Gasteiger partial charge on any atom is 0.342 e. The van der Waals surface area contributed by atoms with Crippen LogP contribution in [-0.4, -0.2) is 43.5 Å². The Kier molecular flexibility index (Phi) is 5.65. The molecule has 116 valence electrons. The quantitative estimate of drug-likeness (QED) is 0.705. The molecule has 0 saturated carbocycles. The largest absolute Gasteiger partial charge is 0.492 e. The van der Waals surface area contributed by atoms with Gasteiger partial charge in [-0.2, -0.15) is 0 Å². The van der Waals surface area contributed by atoms with E-state index in [1.165, 1.54) is 12.1 Å². The lowest BCUT2D eigenvalue weighted by Gasteiger charge is -2.09. The number of halogens is 1. The fourth-order valence-electron chi connectivity index (χ4n) is 1.47. The van der Waals surface area contributed by atoms with Crippen LogP contribution in [0.25, 0.3) is 0 Å². The lowest BCUT2D eigenvalue weighted by atomic mass is 10.2. The molecule has 0 atom stereocenters. The monoisotopic (exact) mass is 319 g/mol. The van der Waals surface area contributed by atoms with Crippen molar-refractivity contribution in [3.05, 3.63) is 29.6 Å². The van der Waals surface area contributed by atoms with Crippen molar-refractivity contribution >= 4 is 21.7 Å². The van der Waals surface area contributed by atoms with Crippen molar-refractivity contribution in [1.82, 2.24) is 0 Å². The van der Waals surface area contributed by atoms with E-state index >= 15 is 0 Å². The number of aromatic carboxylic acids is 1. The summed E-state index contributed by atoms with van der Waals surface area (Å²) in [5.41, 5.74) is 4.19. The number of hydrogen-bond donors (Lipinski definition) is 2. The van der Waals surface area contributed by atoms with Gasteiger partial charge in [0.15, 0.2) is 9.84 Å². The first kappa shape index (κ1) is 16.9. The molecule has 9 heteroatoms. The summed E-state index contributed by atoms with van der Waals surface area (Å²) < 4.78 is 41.4. The van der Waals surface area contributed by atoms with E-state index < -0.39 is 44.6 Å². The molecule has 0 aromatic heterocycles. The first-order valence-electron chi connectivity index (χ1n) is 5.86. The average molecular weight is 319 g/mol. The Morgan fingerprint density at radius 2 is 1.95 bits per heavy atom. The number of sulfone groups is 1. The molecule has 1 aromatic rings. The molecule has 1 rings (SSSR count). The average Bonchev–Trinajstić information content (AvgIpc) is 2.36. The third-order valence-electron chi connectivity index (χ3n) is 2.50. The number of carbonyl (C=O) groups is 2. The second kappa shape index (κ2) is 7.02. The van der Waals surface area contributed by atoms with Crippen LogP contribution in [-0.2, 0) is 14.6 Å². The van der Waals surface area contributed by atoms with E-state index in [1.807, 2.05) is 0 Å². The molecule has 0 aliphatic rings. The number of rotatable bonds is 8. The zero-order valence-electron chi connectivity index (χ0n) is 10.9. The summed E-state index contributed by atoms with van der Waals surface area (Å²) in [6, 6.07) is 3.43. The van der Waals surface area contributed by atoms with Crippen molar-refractivity contribution in [2.24, 2.45) is 5.73 Å². The molecule has 0 aliphatic heterocycles. The van der Waals surface area contributed by atoms with E-state index in [2.05, 4.69) is 0 Å². The fourth-order valence-corrected chi connectivity index (χ4v) is 2.52. The van der Waals surface area contributed by atoms with Gasteiger partial charge in [0, 0.05) is 6.42 Å². The van der Waals surface area contributed by atoms with E-state index in [0.29, 0.717) is 0 Å². The normalized spacial score (nSPS) is 11.1. The third-order valence-corrected chi connectivity index (χ3v) is 4.12. The molecule has 0 radical (unpaired) electrons. The number of nitrogens with two attached hydrogens (primary N) is 1. The van der Waals surface area contributed by atoms with Gasteiger partial charge < -0.3 is 15.6 Å². The lowest BCUT2D eigenvalue weighted by molar-refractivity contribution is -0.117. The summed E-state index contributed by atoms with van der Waals surface area (Å²) in [4.78, 5) is 21.4. The molecule has 0 unspecified atom stereocenters. The summed E-state index contributed by atoms with van der Waals surface area (Å²) in [5.74, 6) is -4.34. The molecule has 0 aliphatic carbocycles. The molecular formula is C12H14FNO6S. The second-order valence-corrected chi connectivity index (χ2v) is 6.44. The zero-order valence-corrected chi connectivity index (χ0v) is 11.7. The number of benzene rings is 1. The molecule has 7 nitrogen and oxygen atoms in total. The highest BCUT2D eigenvalue weighted by Gasteiger charge is 2.18. The van der Waals surface area contributed by atoms with Crippen molar-refractivity contribution in [2.45, 2.75) is 6.42 Å². The van der Waals surface area contributed by atoms with Crippen LogP contribution in [0.5, 0.6) is 5.75 Å². The maximum atomic E-state index is 13.3. The summed E-state index contributed by atoms with van der Waals surface area (Å²) in [5, 5.41) is 8.86. The van der Waals surface area contributed by atoms with Crippen LogP contribution >= 0.6 is 0 Å². The van der Waals surface area contributed by atoms with Crippen LogP contribution in [0.15, 0.2) is 18.2 Å². The maximum absolute atomic E-state index is 13.3. The van der Waals surface area contributed by atoms with E-state index in [0.717, 1.165) is 6.07 Å².